The van der Waals surface area contributed by atoms with Gasteiger partial charge in [0, 0.05) is 19.5 Å². The molecule has 37 heavy (non-hydrogen) atoms. The lowest BCUT2D eigenvalue weighted by atomic mass is 10.0. The third-order valence-electron chi connectivity index (χ3n) is 6.65. The summed E-state index contributed by atoms with van der Waals surface area (Å²) in [6.45, 7) is 15.3. The van der Waals surface area contributed by atoms with Crippen LogP contribution in [-0.2, 0) is 27.3 Å². The molecule has 0 unspecified atom stereocenters. The van der Waals surface area contributed by atoms with E-state index in [2.05, 4.69) is 55.1 Å². The van der Waals surface area contributed by atoms with E-state index in [4.69, 9.17) is 14.5 Å². The highest BCUT2D eigenvalue weighted by atomic mass is 16.6. The number of rotatable bonds is 12. The van der Waals surface area contributed by atoms with Crippen molar-refractivity contribution < 1.29 is 19.1 Å². The molecule has 0 atom stereocenters. The van der Waals surface area contributed by atoms with Crippen molar-refractivity contribution in [2.45, 2.75) is 73.5 Å². The van der Waals surface area contributed by atoms with Crippen molar-refractivity contribution in [1.29, 1.82) is 0 Å². The quantitative estimate of drug-likeness (QED) is 0.272. The number of hydrogen-bond donors (Lipinski definition) is 0. The topological polar surface area (TPSA) is 68.2 Å². The van der Waals surface area contributed by atoms with Gasteiger partial charge in [-0.3, -0.25) is 9.89 Å². The van der Waals surface area contributed by atoms with Crippen LogP contribution in [-0.4, -0.2) is 48.2 Å². The molecule has 0 N–H and O–H groups in total. The fourth-order valence-corrected chi connectivity index (χ4v) is 4.58. The molecule has 198 valence electrons. The van der Waals surface area contributed by atoms with Crippen LogP contribution in [0, 0.1) is 13.8 Å². The maximum absolute atomic E-state index is 12.3. The minimum Gasteiger partial charge on any atom is -0.476 e. The predicted molar refractivity (Wildman–Crippen MR) is 148 cm³/mol. The third-order valence-corrected chi connectivity index (χ3v) is 6.65. The molecule has 1 aliphatic heterocycles. The number of aldehydes is 1. The molecule has 0 bridgehead atoms. The lowest BCUT2D eigenvalue weighted by molar-refractivity contribution is -0.158. The largest absolute Gasteiger partial charge is 0.476 e. The molecule has 6 nitrogen and oxygen atoms in total. The Morgan fingerprint density at radius 2 is 1.68 bits per heavy atom. The first-order chi connectivity index (χ1) is 17.6. The second-order valence-corrected chi connectivity index (χ2v) is 10.2. The predicted octanol–water partition coefficient (Wildman–Crippen LogP) is 5.75. The zero-order valence-electron chi connectivity index (χ0n) is 23.3. The molecule has 3 rings (SSSR count). The lowest BCUT2D eigenvalue weighted by Crippen LogP contribution is -2.40. The molecule has 0 aliphatic carbocycles. The van der Waals surface area contributed by atoms with E-state index in [0.717, 1.165) is 52.8 Å². The van der Waals surface area contributed by atoms with Gasteiger partial charge in [-0.15, -0.1) is 0 Å². The number of benzene rings is 2. The maximum atomic E-state index is 12.3. The summed E-state index contributed by atoms with van der Waals surface area (Å²) >= 11 is 0. The summed E-state index contributed by atoms with van der Waals surface area (Å²) in [4.78, 5) is 30.9. The summed E-state index contributed by atoms with van der Waals surface area (Å²) < 4.78 is 11.3. The van der Waals surface area contributed by atoms with Crippen molar-refractivity contribution >= 4 is 18.0 Å². The first-order valence-corrected chi connectivity index (χ1v) is 13.1. The van der Waals surface area contributed by atoms with Crippen molar-refractivity contribution in [1.82, 2.24) is 4.90 Å². The number of carbonyl (C=O) groups excluding carboxylic acids is 2. The molecule has 0 saturated carbocycles. The summed E-state index contributed by atoms with van der Waals surface area (Å²) in [6.07, 6.45) is 2.79. The smallest absolute Gasteiger partial charge is 0.349 e. The van der Waals surface area contributed by atoms with Gasteiger partial charge in [0.2, 0.25) is 0 Å². The zero-order valence-corrected chi connectivity index (χ0v) is 23.3. The Morgan fingerprint density at radius 1 is 1.03 bits per heavy atom. The van der Waals surface area contributed by atoms with Gasteiger partial charge >= 0.3 is 5.97 Å². The Labute approximate surface area is 221 Å². The number of ether oxygens (including phenoxy) is 2. The van der Waals surface area contributed by atoms with Crippen LogP contribution in [0.3, 0.4) is 0 Å². The van der Waals surface area contributed by atoms with Crippen LogP contribution in [0.4, 0.5) is 0 Å². The van der Waals surface area contributed by atoms with Crippen LogP contribution < -0.4 is 4.74 Å². The van der Waals surface area contributed by atoms with Crippen LogP contribution in [0.25, 0.3) is 0 Å². The molecule has 6 heteroatoms. The van der Waals surface area contributed by atoms with Gasteiger partial charge in [0.25, 0.3) is 0 Å². The van der Waals surface area contributed by atoms with E-state index >= 15 is 0 Å². The van der Waals surface area contributed by atoms with Gasteiger partial charge in [0.15, 0.2) is 5.60 Å². The molecular weight excluding hydrogens is 464 g/mol. The van der Waals surface area contributed by atoms with Crippen molar-refractivity contribution in [2.24, 2.45) is 4.99 Å². The second kappa shape index (κ2) is 12.3. The number of esters is 1. The average molecular weight is 505 g/mol. The SMILES string of the molecule is CCOC(=O)C(C)(C)Oc1c(C)cc(CN(CC=O)CC2=C(C)CC(c3ccc(CC)cc3)=N2)cc1C. The number of hydrogen-bond acceptors (Lipinski definition) is 6. The zero-order chi connectivity index (χ0) is 27.2. The van der Waals surface area contributed by atoms with Crippen molar-refractivity contribution in [3.63, 3.8) is 0 Å². The minimum absolute atomic E-state index is 0.307. The summed E-state index contributed by atoms with van der Waals surface area (Å²) in [5.74, 6) is 0.290. The highest BCUT2D eigenvalue weighted by Gasteiger charge is 2.32. The maximum Gasteiger partial charge on any atom is 0.349 e. The Hall–Kier alpha value is -3.25. The first-order valence-electron chi connectivity index (χ1n) is 13.1. The molecule has 2 aromatic carbocycles. The van der Waals surface area contributed by atoms with Gasteiger partial charge < -0.3 is 14.3 Å². The van der Waals surface area contributed by atoms with E-state index in [9.17, 15) is 9.59 Å². The molecule has 2 aromatic rings. The number of carbonyl (C=O) groups is 2. The first kappa shape index (κ1) is 28.3. The standard InChI is InChI=1S/C31H40N2O4/c1-8-24-10-12-26(13-11-24)27-18-21(3)28(32-27)20-33(14-15-34)19-25-16-22(4)29(23(5)17-25)37-31(6,7)30(35)36-9-2/h10-13,15-17H,8-9,14,18-20H2,1-7H3. The fraction of sp³-hybridized carbons (Fsp3) is 0.452. The highest BCUT2D eigenvalue weighted by molar-refractivity contribution is 6.04. The van der Waals surface area contributed by atoms with Gasteiger partial charge in [0.1, 0.15) is 12.0 Å². The Kier molecular flexibility index (Phi) is 9.44. The van der Waals surface area contributed by atoms with E-state index in [-0.39, 0.29) is 0 Å². The van der Waals surface area contributed by atoms with Crippen molar-refractivity contribution in [3.8, 4) is 5.75 Å². The Morgan fingerprint density at radius 3 is 2.24 bits per heavy atom. The lowest BCUT2D eigenvalue weighted by Gasteiger charge is -2.27. The number of nitrogens with zero attached hydrogens (tertiary/aromatic N) is 2. The molecule has 0 spiro atoms. The molecular formula is C31H40N2O4. The van der Waals surface area contributed by atoms with Crippen LogP contribution >= 0.6 is 0 Å². The monoisotopic (exact) mass is 504 g/mol. The molecule has 1 aliphatic rings. The van der Waals surface area contributed by atoms with Crippen LogP contribution in [0.15, 0.2) is 52.7 Å². The number of aryl methyl sites for hydroxylation is 3. The Bertz CT molecular complexity index is 1170. The van der Waals surface area contributed by atoms with E-state index in [1.165, 1.54) is 11.1 Å². The molecule has 0 fully saturated rings. The van der Waals surface area contributed by atoms with Gasteiger partial charge in [-0.2, -0.15) is 0 Å². The van der Waals surface area contributed by atoms with E-state index in [1.54, 1.807) is 20.8 Å². The molecule has 1 heterocycles. The Balaban J connectivity index is 1.75. The summed E-state index contributed by atoms with van der Waals surface area (Å²) in [5.41, 5.74) is 7.68. The van der Waals surface area contributed by atoms with Gasteiger partial charge in [0.05, 0.1) is 24.6 Å². The minimum atomic E-state index is -1.09. The molecule has 0 aromatic heterocycles. The van der Waals surface area contributed by atoms with Gasteiger partial charge in [-0.25, -0.2) is 4.79 Å². The fourth-order valence-electron chi connectivity index (χ4n) is 4.58. The van der Waals surface area contributed by atoms with E-state index in [0.29, 0.717) is 32.0 Å². The summed E-state index contributed by atoms with van der Waals surface area (Å²) in [5, 5.41) is 0. The van der Waals surface area contributed by atoms with Crippen LogP contribution in [0.2, 0.25) is 0 Å². The summed E-state index contributed by atoms with van der Waals surface area (Å²) in [6, 6.07) is 12.7. The second-order valence-electron chi connectivity index (χ2n) is 10.2. The number of allylic oxidation sites excluding steroid dienone is 1. The van der Waals surface area contributed by atoms with E-state index < -0.39 is 11.6 Å². The third kappa shape index (κ3) is 7.16. The molecule has 0 saturated heterocycles. The molecule has 0 radical (unpaired) electrons. The van der Waals surface area contributed by atoms with Crippen LogP contribution in [0.5, 0.6) is 5.75 Å². The van der Waals surface area contributed by atoms with E-state index in [1.807, 2.05) is 13.8 Å². The highest BCUT2D eigenvalue weighted by Crippen LogP contribution is 2.30. The normalized spacial score (nSPS) is 13.7. The number of aliphatic imine (C=N–C) groups is 1. The van der Waals surface area contributed by atoms with Crippen molar-refractivity contribution in [3.05, 3.63) is 75.5 Å². The van der Waals surface area contributed by atoms with Crippen LogP contribution in [0.1, 0.15) is 68.9 Å². The van der Waals surface area contributed by atoms with Gasteiger partial charge in [-0.05, 0) is 81.4 Å². The average Bonchev–Trinajstić information content (AvgIpc) is 3.21. The van der Waals surface area contributed by atoms with Gasteiger partial charge in [-0.1, -0.05) is 43.3 Å². The van der Waals surface area contributed by atoms with Crippen molar-refractivity contribution in [2.75, 3.05) is 19.7 Å². The molecule has 0 amide bonds. The summed E-state index contributed by atoms with van der Waals surface area (Å²) in [7, 11) is 0.